The van der Waals surface area contributed by atoms with Gasteiger partial charge in [-0.05, 0) is 33.7 Å². The fourth-order valence-corrected chi connectivity index (χ4v) is 2.68. The summed E-state index contributed by atoms with van der Waals surface area (Å²) >= 11 is 0. The minimum atomic E-state index is 0.339. The highest BCUT2D eigenvalue weighted by molar-refractivity contribution is 5.83. The van der Waals surface area contributed by atoms with Gasteiger partial charge in [0.15, 0.2) is 0 Å². The highest BCUT2D eigenvalue weighted by Gasteiger charge is 2.21. The molecule has 3 aliphatic rings. The summed E-state index contributed by atoms with van der Waals surface area (Å²) in [6.45, 7) is 0. The Morgan fingerprint density at radius 1 is 1.06 bits per heavy atom. The second-order valence-electron chi connectivity index (χ2n) is 4.37. The van der Waals surface area contributed by atoms with Gasteiger partial charge < -0.3 is 5.32 Å². The normalized spacial score (nSPS) is 23.1. The van der Waals surface area contributed by atoms with Gasteiger partial charge in [0.05, 0.1) is 6.04 Å². The fourth-order valence-electron chi connectivity index (χ4n) is 2.68. The average molecular weight is 205 g/mol. The van der Waals surface area contributed by atoms with Crippen molar-refractivity contribution in [1.82, 2.24) is 0 Å². The number of rotatable bonds is 0. The van der Waals surface area contributed by atoms with Crippen molar-refractivity contribution in [2.24, 2.45) is 0 Å². The van der Waals surface area contributed by atoms with E-state index in [0.29, 0.717) is 6.04 Å². The fraction of sp³-hybridized carbons (Fsp3) is 0.0667. The van der Waals surface area contributed by atoms with Gasteiger partial charge >= 0.3 is 0 Å². The smallest absolute Gasteiger partial charge is 0.0712 e. The topological polar surface area (TPSA) is 12.0 Å². The first kappa shape index (κ1) is 8.17. The van der Waals surface area contributed by atoms with Gasteiger partial charge in [0.2, 0.25) is 0 Å². The zero-order valence-electron chi connectivity index (χ0n) is 8.77. The molecule has 1 aliphatic heterocycles. The Balaban J connectivity index is 2.26. The van der Waals surface area contributed by atoms with Crippen LogP contribution >= 0.6 is 0 Å². The molecule has 2 aliphatic carbocycles. The molecule has 0 amide bonds. The number of hydrogen-bond donors (Lipinski definition) is 1. The maximum Gasteiger partial charge on any atom is 0.0712 e. The summed E-state index contributed by atoms with van der Waals surface area (Å²) < 4.78 is 0. The Bertz CT molecular complexity index is 687. The molecule has 1 N–H and O–H groups in total. The van der Waals surface area contributed by atoms with Crippen LogP contribution in [0.1, 0.15) is 0 Å². The predicted octanol–water partition coefficient (Wildman–Crippen LogP) is 1.48. The zero-order valence-corrected chi connectivity index (χ0v) is 8.77. The van der Waals surface area contributed by atoms with Gasteiger partial charge in [0.25, 0.3) is 0 Å². The quantitative estimate of drug-likeness (QED) is 0.676. The molecular formula is C15H11N. The van der Waals surface area contributed by atoms with Crippen molar-refractivity contribution in [2.45, 2.75) is 6.04 Å². The Morgan fingerprint density at radius 2 is 2.06 bits per heavy atom. The molecule has 0 fully saturated rings. The van der Waals surface area contributed by atoms with Crippen molar-refractivity contribution >= 4 is 17.3 Å². The van der Waals surface area contributed by atoms with Crippen LogP contribution in [0.15, 0.2) is 54.2 Å². The minimum Gasteiger partial charge on any atom is -0.375 e. The molecule has 0 spiro atoms. The van der Waals surface area contributed by atoms with Crippen LogP contribution in [0.3, 0.4) is 0 Å². The lowest BCUT2D eigenvalue weighted by Gasteiger charge is -2.27. The molecule has 2 bridgehead atoms. The van der Waals surface area contributed by atoms with Crippen molar-refractivity contribution in [1.29, 1.82) is 0 Å². The van der Waals surface area contributed by atoms with Crippen LogP contribution in [0, 0.1) is 0 Å². The van der Waals surface area contributed by atoms with Crippen molar-refractivity contribution in [3.63, 3.8) is 0 Å². The van der Waals surface area contributed by atoms with Gasteiger partial charge in [-0.15, -0.1) is 0 Å². The maximum absolute atomic E-state index is 3.53. The molecule has 1 unspecified atom stereocenters. The first-order valence-corrected chi connectivity index (χ1v) is 5.60. The van der Waals surface area contributed by atoms with E-state index in [1.54, 1.807) is 0 Å². The van der Waals surface area contributed by atoms with E-state index in [4.69, 9.17) is 0 Å². The lowest BCUT2D eigenvalue weighted by atomic mass is 9.89. The molecule has 76 valence electrons. The summed E-state index contributed by atoms with van der Waals surface area (Å²) in [5.41, 5.74) is 3.95. The van der Waals surface area contributed by atoms with E-state index in [1.165, 1.54) is 27.3 Å². The van der Waals surface area contributed by atoms with E-state index in [2.05, 4.69) is 60.0 Å². The van der Waals surface area contributed by atoms with Crippen LogP contribution in [-0.4, -0.2) is 6.04 Å². The molecule has 1 heterocycles. The van der Waals surface area contributed by atoms with Gasteiger partial charge in [-0.25, -0.2) is 0 Å². The highest BCUT2D eigenvalue weighted by atomic mass is 14.9. The Morgan fingerprint density at radius 3 is 3.06 bits per heavy atom. The Hall–Kier alpha value is -2.02. The van der Waals surface area contributed by atoms with E-state index in [0.717, 1.165) is 0 Å². The van der Waals surface area contributed by atoms with Gasteiger partial charge in [-0.1, -0.05) is 42.5 Å². The second kappa shape index (κ2) is 2.76. The van der Waals surface area contributed by atoms with Crippen molar-refractivity contribution < 1.29 is 0 Å². The second-order valence-corrected chi connectivity index (χ2v) is 4.37. The third kappa shape index (κ3) is 0.951. The summed E-state index contributed by atoms with van der Waals surface area (Å²) in [5, 5.41) is 6.22. The molecular weight excluding hydrogens is 194 g/mol. The highest BCUT2D eigenvalue weighted by Crippen LogP contribution is 2.27. The van der Waals surface area contributed by atoms with Crippen LogP contribution in [0.25, 0.3) is 11.6 Å². The van der Waals surface area contributed by atoms with Gasteiger partial charge in [0, 0.05) is 5.69 Å². The van der Waals surface area contributed by atoms with Gasteiger partial charge in [-0.2, -0.15) is 0 Å². The Labute approximate surface area is 93.8 Å². The maximum atomic E-state index is 3.53. The molecule has 0 radical (unpaired) electrons. The average Bonchev–Trinajstić information content (AvgIpc) is 2.50. The van der Waals surface area contributed by atoms with Crippen molar-refractivity contribution in [3.05, 3.63) is 64.6 Å². The largest absolute Gasteiger partial charge is 0.375 e. The number of fused-ring (bicyclic) bond motifs is 1. The molecule has 1 atom stereocenters. The lowest BCUT2D eigenvalue weighted by Crippen LogP contribution is -2.38. The van der Waals surface area contributed by atoms with E-state index in [-0.39, 0.29) is 0 Å². The molecule has 16 heavy (non-hydrogen) atoms. The molecule has 1 nitrogen and oxygen atoms in total. The third-order valence-electron chi connectivity index (χ3n) is 3.42. The summed E-state index contributed by atoms with van der Waals surface area (Å²) in [6, 6.07) is 6.92. The van der Waals surface area contributed by atoms with Crippen molar-refractivity contribution in [2.75, 3.05) is 5.32 Å². The van der Waals surface area contributed by atoms with Crippen LogP contribution < -0.4 is 15.8 Å². The molecule has 0 saturated heterocycles. The van der Waals surface area contributed by atoms with Crippen molar-refractivity contribution in [3.8, 4) is 0 Å². The van der Waals surface area contributed by atoms with Crippen LogP contribution in [0.4, 0.5) is 5.69 Å². The molecule has 1 heteroatoms. The summed E-state index contributed by atoms with van der Waals surface area (Å²) in [4.78, 5) is 0. The first-order chi connectivity index (χ1) is 7.92. The van der Waals surface area contributed by atoms with E-state index in [9.17, 15) is 0 Å². The van der Waals surface area contributed by atoms with E-state index >= 15 is 0 Å². The van der Waals surface area contributed by atoms with E-state index < -0.39 is 0 Å². The summed E-state index contributed by atoms with van der Waals surface area (Å²) in [5.74, 6) is 0. The molecule has 0 saturated carbocycles. The standard InChI is InChI=1S/C15H11N/c1-3-10-7-8-12-9-13(10)15-11(4-1)5-2-6-14(15)16-12/h1-9,14,16H. The minimum absolute atomic E-state index is 0.339. The third-order valence-corrected chi connectivity index (χ3v) is 3.42. The molecule has 1 aromatic rings. The molecule has 4 rings (SSSR count). The first-order valence-electron chi connectivity index (χ1n) is 5.60. The van der Waals surface area contributed by atoms with E-state index in [1.807, 2.05) is 0 Å². The van der Waals surface area contributed by atoms with Crippen LogP contribution in [0.5, 0.6) is 0 Å². The number of anilines is 1. The monoisotopic (exact) mass is 205 g/mol. The number of allylic oxidation sites excluding steroid dienone is 4. The Kier molecular flexibility index (Phi) is 1.41. The number of benzene rings is 1. The van der Waals surface area contributed by atoms with Gasteiger partial charge in [0.1, 0.15) is 0 Å². The number of nitrogens with one attached hydrogen (secondary N) is 1. The predicted molar refractivity (Wildman–Crippen MR) is 67.3 cm³/mol. The number of hydrogen-bond acceptors (Lipinski definition) is 1. The van der Waals surface area contributed by atoms with Gasteiger partial charge in [-0.3, -0.25) is 0 Å². The van der Waals surface area contributed by atoms with Crippen LogP contribution in [-0.2, 0) is 0 Å². The lowest BCUT2D eigenvalue weighted by molar-refractivity contribution is 1.08. The molecule has 1 aromatic carbocycles. The van der Waals surface area contributed by atoms with Crippen LogP contribution in [0.2, 0.25) is 0 Å². The zero-order chi connectivity index (χ0) is 10.5. The SMILES string of the molecule is C1=CC2=CC=CC3Nc4ccc(c(c4)=C23)=C1. The summed E-state index contributed by atoms with van der Waals surface area (Å²) in [7, 11) is 0. The molecule has 0 aromatic heterocycles. The summed E-state index contributed by atoms with van der Waals surface area (Å²) in [6.07, 6.45) is 13.1.